The van der Waals surface area contributed by atoms with Crippen molar-refractivity contribution in [3.05, 3.63) is 48.0 Å². The molecule has 1 aliphatic rings. The van der Waals surface area contributed by atoms with Gasteiger partial charge < -0.3 is 29.7 Å². The fourth-order valence-corrected chi connectivity index (χ4v) is 2.93. The van der Waals surface area contributed by atoms with Gasteiger partial charge in [0.1, 0.15) is 12.4 Å². The minimum absolute atomic E-state index is 0. The van der Waals surface area contributed by atoms with Crippen molar-refractivity contribution in [3.63, 3.8) is 0 Å². The molecule has 0 saturated heterocycles. The predicted octanol–water partition coefficient (Wildman–Crippen LogP) is 3.98. The number of hydrogen-bond donors (Lipinski definition) is 2. The van der Waals surface area contributed by atoms with E-state index in [-0.39, 0.29) is 24.0 Å². The summed E-state index contributed by atoms with van der Waals surface area (Å²) in [5.74, 6) is 3.12. The minimum atomic E-state index is 0. The molecule has 31 heavy (non-hydrogen) atoms. The summed E-state index contributed by atoms with van der Waals surface area (Å²) < 4.78 is 17.3. The molecule has 0 radical (unpaired) electrons. The van der Waals surface area contributed by atoms with Crippen LogP contribution in [0.2, 0.25) is 0 Å². The summed E-state index contributed by atoms with van der Waals surface area (Å²) in [6.45, 7) is 6.25. The number of hydrogen-bond acceptors (Lipinski definition) is 5. The molecule has 0 aliphatic carbocycles. The van der Waals surface area contributed by atoms with Crippen LogP contribution in [-0.2, 0) is 6.54 Å². The topological polar surface area (TPSA) is 67.4 Å². The zero-order valence-electron chi connectivity index (χ0n) is 18.5. The highest BCUT2D eigenvalue weighted by molar-refractivity contribution is 14.0. The van der Waals surface area contributed by atoms with Gasteiger partial charge in [-0.2, -0.15) is 0 Å². The Hall–Kier alpha value is -2.20. The van der Waals surface area contributed by atoms with Crippen LogP contribution in [-0.4, -0.2) is 57.9 Å². The molecule has 3 rings (SSSR count). The molecule has 0 aromatic heterocycles. The molecular weight excluding hydrogens is 507 g/mol. The van der Waals surface area contributed by atoms with E-state index in [0.29, 0.717) is 32.3 Å². The second-order valence-corrected chi connectivity index (χ2v) is 7.33. The lowest BCUT2D eigenvalue weighted by Gasteiger charge is -2.14. The predicted molar refractivity (Wildman–Crippen MR) is 136 cm³/mol. The highest BCUT2D eigenvalue weighted by atomic mass is 127. The Labute approximate surface area is 202 Å². The Balaban J connectivity index is 0.00000341. The van der Waals surface area contributed by atoms with E-state index < -0.39 is 0 Å². The normalized spacial score (nSPS) is 13.2. The summed E-state index contributed by atoms with van der Waals surface area (Å²) in [5.41, 5.74) is 1.99. The molecule has 0 fully saturated rings. The van der Waals surface area contributed by atoms with Crippen LogP contribution >= 0.6 is 24.0 Å². The zero-order valence-corrected chi connectivity index (χ0v) is 20.8. The van der Waals surface area contributed by atoms with Crippen LogP contribution in [0.4, 0.5) is 5.69 Å². The average molecular weight is 540 g/mol. The number of halogens is 1. The molecule has 0 spiro atoms. The molecule has 0 amide bonds. The van der Waals surface area contributed by atoms with Crippen molar-refractivity contribution in [1.82, 2.24) is 10.2 Å². The van der Waals surface area contributed by atoms with Gasteiger partial charge in [0, 0.05) is 31.3 Å². The lowest BCUT2D eigenvalue weighted by atomic mass is 10.2. The van der Waals surface area contributed by atoms with E-state index >= 15 is 0 Å². The summed E-state index contributed by atoms with van der Waals surface area (Å²) in [5, 5.41) is 6.63. The second-order valence-electron chi connectivity index (χ2n) is 7.33. The molecule has 0 bridgehead atoms. The number of aliphatic imine (C=N–C) groups is 1. The van der Waals surface area contributed by atoms with Crippen LogP contribution < -0.4 is 24.8 Å². The number of fused-ring (bicyclic) bond motifs is 1. The fraction of sp³-hybridized carbons (Fsp3) is 0.435. The Morgan fingerprint density at radius 1 is 1.10 bits per heavy atom. The largest absolute Gasteiger partial charge is 0.492 e. The molecular formula is C23H33IN4O3. The molecule has 7 nitrogen and oxygen atoms in total. The highest BCUT2D eigenvalue weighted by Gasteiger charge is 2.11. The lowest BCUT2D eigenvalue weighted by molar-refractivity contribution is 0.261. The molecule has 8 heteroatoms. The van der Waals surface area contributed by atoms with E-state index in [1.54, 1.807) is 0 Å². The number of rotatable bonds is 8. The molecule has 0 saturated carbocycles. The average Bonchev–Trinajstić information content (AvgIpc) is 2.97. The Morgan fingerprint density at radius 3 is 2.68 bits per heavy atom. The Morgan fingerprint density at radius 2 is 1.90 bits per heavy atom. The third kappa shape index (κ3) is 8.45. The first-order valence-electron chi connectivity index (χ1n) is 10.5. The van der Waals surface area contributed by atoms with Gasteiger partial charge in [-0.3, -0.25) is 0 Å². The molecule has 0 atom stereocenters. The first-order chi connectivity index (χ1) is 14.6. The Bertz CT molecular complexity index is 845. The van der Waals surface area contributed by atoms with Crippen LogP contribution in [0.1, 0.15) is 18.9 Å². The SMILES string of the molecule is CCNC(=NCc1cccc(OCCN(C)C)c1)Nc1ccc2c(c1)OCCCO2.I. The van der Waals surface area contributed by atoms with Crippen molar-refractivity contribution in [2.45, 2.75) is 19.9 Å². The summed E-state index contributed by atoms with van der Waals surface area (Å²) >= 11 is 0. The molecule has 2 N–H and O–H groups in total. The maximum atomic E-state index is 5.82. The molecule has 0 unspecified atom stereocenters. The zero-order chi connectivity index (χ0) is 21.2. The van der Waals surface area contributed by atoms with Gasteiger partial charge in [-0.1, -0.05) is 12.1 Å². The van der Waals surface area contributed by atoms with E-state index in [1.165, 1.54) is 0 Å². The van der Waals surface area contributed by atoms with Crippen molar-refractivity contribution in [1.29, 1.82) is 0 Å². The number of nitrogens with zero attached hydrogens (tertiary/aromatic N) is 2. The van der Waals surface area contributed by atoms with Gasteiger partial charge in [-0.25, -0.2) is 4.99 Å². The van der Waals surface area contributed by atoms with Crippen molar-refractivity contribution < 1.29 is 14.2 Å². The monoisotopic (exact) mass is 540 g/mol. The minimum Gasteiger partial charge on any atom is -0.492 e. The third-order valence-corrected chi connectivity index (χ3v) is 4.48. The standard InChI is InChI=1S/C23H32N4O3.HI/c1-4-24-23(26-19-9-10-21-22(16-19)30-13-6-12-29-21)25-17-18-7-5-8-20(15-18)28-14-11-27(2)3;/h5,7-10,15-16H,4,6,11-14,17H2,1-3H3,(H2,24,25,26);1H. The lowest BCUT2D eigenvalue weighted by Crippen LogP contribution is -2.30. The van der Waals surface area contributed by atoms with Crippen molar-refractivity contribution in [2.24, 2.45) is 4.99 Å². The van der Waals surface area contributed by atoms with Gasteiger partial charge in [-0.05, 0) is 50.8 Å². The van der Waals surface area contributed by atoms with Crippen molar-refractivity contribution >= 4 is 35.6 Å². The van der Waals surface area contributed by atoms with Crippen molar-refractivity contribution in [2.75, 3.05) is 52.3 Å². The van der Waals surface area contributed by atoms with E-state index in [1.807, 2.05) is 57.4 Å². The van der Waals surface area contributed by atoms with E-state index in [4.69, 9.17) is 19.2 Å². The summed E-state index contributed by atoms with van der Waals surface area (Å²) in [6, 6.07) is 13.9. The smallest absolute Gasteiger partial charge is 0.196 e. The van der Waals surface area contributed by atoms with Gasteiger partial charge in [0.15, 0.2) is 17.5 Å². The molecule has 170 valence electrons. The summed E-state index contributed by atoms with van der Waals surface area (Å²) in [6.07, 6.45) is 0.888. The van der Waals surface area contributed by atoms with Crippen LogP contribution in [0.25, 0.3) is 0 Å². The fourth-order valence-electron chi connectivity index (χ4n) is 2.93. The number of ether oxygens (including phenoxy) is 3. The molecule has 1 heterocycles. The highest BCUT2D eigenvalue weighted by Crippen LogP contribution is 2.32. The van der Waals surface area contributed by atoms with Crippen LogP contribution in [0, 0.1) is 0 Å². The molecule has 2 aromatic carbocycles. The molecule has 2 aromatic rings. The first-order valence-corrected chi connectivity index (χ1v) is 10.5. The number of nitrogens with one attached hydrogen (secondary N) is 2. The first kappa shape index (κ1) is 25.1. The van der Waals surface area contributed by atoms with E-state index in [0.717, 1.165) is 48.0 Å². The number of benzene rings is 2. The maximum absolute atomic E-state index is 5.82. The second kappa shape index (κ2) is 13.3. The van der Waals surface area contributed by atoms with E-state index in [2.05, 4.69) is 21.6 Å². The third-order valence-electron chi connectivity index (χ3n) is 4.48. The quantitative estimate of drug-likeness (QED) is 0.300. The van der Waals surface area contributed by atoms with Crippen LogP contribution in [0.15, 0.2) is 47.5 Å². The van der Waals surface area contributed by atoms with Gasteiger partial charge in [-0.15, -0.1) is 24.0 Å². The van der Waals surface area contributed by atoms with Crippen LogP contribution in [0.5, 0.6) is 17.2 Å². The summed E-state index contributed by atoms with van der Waals surface area (Å²) in [4.78, 5) is 6.82. The molecule has 1 aliphatic heterocycles. The number of likely N-dealkylation sites (N-methyl/N-ethyl adjacent to an activating group) is 1. The van der Waals surface area contributed by atoms with Gasteiger partial charge in [0.05, 0.1) is 19.8 Å². The van der Waals surface area contributed by atoms with Crippen LogP contribution in [0.3, 0.4) is 0 Å². The van der Waals surface area contributed by atoms with Gasteiger partial charge in [0.25, 0.3) is 0 Å². The van der Waals surface area contributed by atoms with Gasteiger partial charge in [0.2, 0.25) is 0 Å². The van der Waals surface area contributed by atoms with Crippen molar-refractivity contribution in [3.8, 4) is 17.2 Å². The summed E-state index contributed by atoms with van der Waals surface area (Å²) in [7, 11) is 4.07. The number of guanidine groups is 1. The Kier molecular flexibility index (Phi) is 10.7. The van der Waals surface area contributed by atoms with Gasteiger partial charge >= 0.3 is 0 Å². The van der Waals surface area contributed by atoms with E-state index in [9.17, 15) is 0 Å². The number of anilines is 1. The maximum Gasteiger partial charge on any atom is 0.196 e.